The number of benzene rings is 2. The normalized spacial score (nSPS) is 11.1. The van der Waals surface area contributed by atoms with Gasteiger partial charge in [0.15, 0.2) is 5.82 Å². The zero-order valence-corrected chi connectivity index (χ0v) is 21.4. The minimum absolute atomic E-state index is 0.0619. The van der Waals surface area contributed by atoms with E-state index in [1.807, 2.05) is 12.1 Å². The number of carbonyl (C=O) groups is 2. The van der Waals surface area contributed by atoms with Gasteiger partial charge in [-0.1, -0.05) is 40.5 Å². The molecule has 0 fully saturated rings. The van der Waals surface area contributed by atoms with Gasteiger partial charge in [0.25, 0.3) is 11.8 Å². The summed E-state index contributed by atoms with van der Waals surface area (Å²) in [4.78, 5) is 30.2. The summed E-state index contributed by atoms with van der Waals surface area (Å²) in [6.07, 6.45) is 1.54. The van der Waals surface area contributed by atoms with Crippen LogP contribution in [0.15, 0.2) is 54.7 Å². The third kappa shape index (κ3) is 5.07. The van der Waals surface area contributed by atoms with E-state index >= 15 is 0 Å². The molecule has 13 heteroatoms. The van der Waals surface area contributed by atoms with Crippen LogP contribution in [0.2, 0.25) is 10.0 Å². The molecule has 0 bridgehead atoms. The van der Waals surface area contributed by atoms with Crippen molar-refractivity contribution in [2.24, 2.45) is 5.73 Å². The number of carbonyl (C=O) groups excluding carboxylic acids is 2. The van der Waals surface area contributed by atoms with E-state index in [-0.39, 0.29) is 34.4 Å². The topological polar surface area (TPSA) is 154 Å². The Morgan fingerprint density at radius 2 is 1.92 bits per heavy atom. The first-order chi connectivity index (χ1) is 18.3. The molecule has 3 aromatic heterocycles. The Labute approximate surface area is 225 Å². The number of hydrogen-bond acceptors (Lipinski definition) is 7. The average Bonchev–Trinajstić information content (AvgIpc) is 3.52. The average molecular weight is 551 g/mol. The van der Waals surface area contributed by atoms with Crippen LogP contribution in [0.25, 0.3) is 16.9 Å². The van der Waals surface area contributed by atoms with Gasteiger partial charge in [-0.2, -0.15) is 5.10 Å². The number of fused-ring (bicyclic) bond motifs is 1. The number of aromatic nitrogens is 6. The van der Waals surface area contributed by atoms with Crippen LogP contribution in [0.1, 0.15) is 37.7 Å². The Balaban J connectivity index is 1.48. The largest absolute Gasteiger partial charge is 0.370 e. The van der Waals surface area contributed by atoms with E-state index in [4.69, 9.17) is 33.7 Å². The highest BCUT2D eigenvalue weighted by Gasteiger charge is 2.24. The summed E-state index contributed by atoms with van der Waals surface area (Å²) in [5, 5.41) is 18.6. The highest BCUT2D eigenvalue weighted by atomic mass is 35.5. The molecule has 2 aromatic carbocycles. The molecular formula is C25H20Cl2N8O3. The second-order valence-electron chi connectivity index (χ2n) is 8.33. The number of ether oxygens (including phenoxy) is 1. The summed E-state index contributed by atoms with van der Waals surface area (Å²) in [6.45, 7) is 2.14. The van der Waals surface area contributed by atoms with E-state index in [1.165, 1.54) is 10.9 Å². The standard InChI is InChI=1S/C25H20Cl2N8O3/c1-13-9-18-22(32-34-31-18)20(23(28)36)21(13)30-25(37)19-10-16(12-38-11-14-4-6-15(26)7-5-14)33-35(19)24-17(27)3-2-8-29-24/h2-10H,11-12H2,1H3,(H2,28,36)(H,30,37)(H,31,32,34). The van der Waals surface area contributed by atoms with Crippen molar-refractivity contribution in [2.75, 3.05) is 5.32 Å². The number of rotatable bonds is 8. The van der Waals surface area contributed by atoms with Gasteiger partial charge >= 0.3 is 0 Å². The Bertz CT molecular complexity index is 1660. The van der Waals surface area contributed by atoms with Gasteiger partial charge in [0.1, 0.15) is 16.7 Å². The summed E-state index contributed by atoms with van der Waals surface area (Å²) in [7, 11) is 0. The maximum Gasteiger partial charge on any atom is 0.274 e. The molecule has 5 rings (SSSR count). The summed E-state index contributed by atoms with van der Waals surface area (Å²) in [5.41, 5.74) is 8.77. The van der Waals surface area contributed by atoms with E-state index < -0.39 is 11.8 Å². The lowest BCUT2D eigenvalue weighted by atomic mass is 10.0. The highest BCUT2D eigenvalue weighted by Crippen LogP contribution is 2.29. The predicted molar refractivity (Wildman–Crippen MR) is 141 cm³/mol. The molecule has 3 heterocycles. The Morgan fingerprint density at radius 1 is 1.13 bits per heavy atom. The van der Waals surface area contributed by atoms with Crippen molar-refractivity contribution in [1.82, 2.24) is 30.2 Å². The molecule has 0 saturated carbocycles. The number of amides is 2. The van der Waals surface area contributed by atoms with Gasteiger partial charge in [-0.15, -0.1) is 5.10 Å². The Kier molecular flexibility index (Phi) is 7.05. The number of nitrogens with two attached hydrogens (primary N) is 1. The van der Waals surface area contributed by atoms with E-state index in [9.17, 15) is 9.59 Å². The quantitative estimate of drug-likeness (QED) is 0.261. The van der Waals surface area contributed by atoms with Crippen LogP contribution in [-0.2, 0) is 18.0 Å². The number of hydrogen-bond donors (Lipinski definition) is 3. The number of nitrogens with one attached hydrogen (secondary N) is 2. The van der Waals surface area contributed by atoms with Crippen LogP contribution in [-0.4, -0.2) is 42.0 Å². The Hall–Kier alpha value is -4.32. The monoisotopic (exact) mass is 550 g/mol. The van der Waals surface area contributed by atoms with Crippen molar-refractivity contribution < 1.29 is 14.3 Å². The van der Waals surface area contributed by atoms with E-state index in [0.29, 0.717) is 33.9 Å². The van der Waals surface area contributed by atoms with Crippen LogP contribution < -0.4 is 11.1 Å². The highest BCUT2D eigenvalue weighted by molar-refractivity contribution is 6.32. The van der Waals surface area contributed by atoms with Crippen LogP contribution in [0.5, 0.6) is 0 Å². The molecule has 0 radical (unpaired) electrons. The first kappa shape index (κ1) is 25.3. The van der Waals surface area contributed by atoms with Gasteiger partial charge in [-0.3, -0.25) is 14.7 Å². The van der Waals surface area contributed by atoms with Gasteiger partial charge in [0, 0.05) is 11.2 Å². The molecule has 0 aliphatic rings. The zero-order chi connectivity index (χ0) is 26.8. The molecule has 2 amide bonds. The summed E-state index contributed by atoms with van der Waals surface area (Å²) < 4.78 is 7.13. The van der Waals surface area contributed by atoms with Gasteiger partial charge in [-0.25, -0.2) is 9.67 Å². The lowest BCUT2D eigenvalue weighted by Gasteiger charge is -2.13. The van der Waals surface area contributed by atoms with E-state index in [1.54, 1.807) is 43.3 Å². The maximum absolute atomic E-state index is 13.6. The molecule has 0 saturated heterocycles. The van der Waals surface area contributed by atoms with E-state index in [0.717, 1.165) is 5.56 Å². The van der Waals surface area contributed by atoms with Crippen LogP contribution in [0, 0.1) is 6.92 Å². The van der Waals surface area contributed by atoms with Gasteiger partial charge < -0.3 is 15.8 Å². The second-order valence-corrected chi connectivity index (χ2v) is 9.17. The van der Waals surface area contributed by atoms with Crippen molar-refractivity contribution in [2.45, 2.75) is 20.1 Å². The molecule has 0 atom stereocenters. The number of pyridine rings is 1. The lowest BCUT2D eigenvalue weighted by Crippen LogP contribution is -2.22. The number of H-pyrrole nitrogens is 1. The van der Waals surface area contributed by atoms with Crippen molar-refractivity contribution in [3.05, 3.63) is 92.9 Å². The van der Waals surface area contributed by atoms with Crippen molar-refractivity contribution in [3.8, 4) is 5.82 Å². The first-order valence-corrected chi connectivity index (χ1v) is 12.0. The van der Waals surface area contributed by atoms with Crippen molar-refractivity contribution in [3.63, 3.8) is 0 Å². The van der Waals surface area contributed by atoms with Crippen molar-refractivity contribution >= 4 is 51.7 Å². The lowest BCUT2D eigenvalue weighted by molar-refractivity contribution is 0.100. The zero-order valence-electron chi connectivity index (χ0n) is 19.9. The molecule has 11 nitrogen and oxygen atoms in total. The number of halogens is 2. The Morgan fingerprint density at radius 3 is 2.66 bits per heavy atom. The summed E-state index contributed by atoms with van der Waals surface area (Å²) >= 11 is 12.3. The first-order valence-electron chi connectivity index (χ1n) is 11.3. The molecule has 4 N–H and O–H groups in total. The fraction of sp³-hybridized carbons (Fsp3) is 0.120. The van der Waals surface area contributed by atoms with Gasteiger partial charge in [-0.05, 0) is 54.4 Å². The molecule has 0 spiro atoms. The van der Waals surface area contributed by atoms with Gasteiger partial charge in [0.05, 0.1) is 35.2 Å². The van der Waals surface area contributed by atoms with E-state index in [2.05, 4.69) is 30.8 Å². The smallest absolute Gasteiger partial charge is 0.274 e. The molecule has 38 heavy (non-hydrogen) atoms. The summed E-state index contributed by atoms with van der Waals surface area (Å²) in [6, 6.07) is 13.8. The molecule has 0 aliphatic heterocycles. The number of primary amides is 1. The van der Waals surface area contributed by atoms with Crippen LogP contribution in [0.3, 0.4) is 0 Å². The molecule has 5 aromatic rings. The molecular weight excluding hydrogens is 531 g/mol. The minimum Gasteiger partial charge on any atom is -0.370 e. The fourth-order valence-corrected chi connectivity index (χ4v) is 4.24. The fourth-order valence-electron chi connectivity index (χ4n) is 3.92. The van der Waals surface area contributed by atoms with Crippen LogP contribution in [0.4, 0.5) is 5.69 Å². The number of nitrogens with zero attached hydrogens (tertiary/aromatic N) is 5. The minimum atomic E-state index is -0.752. The number of anilines is 1. The third-order valence-corrected chi connectivity index (χ3v) is 6.22. The van der Waals surface area contributed by atoms with Crippen LogP contribution >= 0.6 is 23.2 Å². The SMILES string of the molecule is Cc1cc2nn[nH]c2c(C(N)=O)c1NC(=O)c1cc(COCc2ccc(Cl)cc2)nn1-c1ncccc1Cl. The molecule has 0 aliphatic carbocycles. The van der Waals surface area contributed by atoms with Gasteiger partial charge in [0.2, 0.25) is 0 Å². The molecule has 0 unspecified atom stereocenters. The number of aryl methyl sites for hydroxylation is 1. The molecule has 192 valence electrons. The second kappa shape index (κ2) is 10.6. The third-order valence-electron chi connectivity index (χ3n) is 5.67. The van der Waals surface area contributed by atoms with Crippen molar-refractivity contribution in [1.29, 1.82) is 0 Å². The number of aromatic amines is 1. The maximum atomic E-state index is 13.6. The summed E-state index contributed by atoms with van der Waals surface area (Å²) in [5.74, 6) is -1.07. The predicted octanol–water partition coefficient (Wildman–Crippen LogP) is 4.22.